The molecule has 1 amide bonds. The predicted octanol–water partition coefficient (Wildman–Crippen LogP) is 0.812. The summed E-state index contributed by atoms with van der Waals surface area (Å²) in [6.45, 7) is 5.89. The lowest BCUT2D eigenvalue weighted by Gasteiger charge is -2.16. The van der Waals surface area contributed by atoms with Gasteiger partial charge in [-0.15, -0.1) is 0 Å². The van der Waals surface area contributed by atoms with Gasteiger partial charge in [-0.25, -0.2) is 4.79 Å². The summed E-state index contributed by atoms with van der Waals surface area (Å²) in [6, 6.07) is 0.131. The number of nitrogens with zero attached hydrogens (tertiary/aromatic N) is 1. The van der Waals surface area contributed by atoms with Gasteiger partial charge in [0.15, 0.2) is 0 Å². The van der Waals surface area contributed by atoms with E-state index in [0.717, 1.165) is 13.0 Å². The molecule has 1 heterocycles. The van der Waals surface area contributed by atoms with E-state index in [1.54, 1.807) is 4.90 Å². The van der Waals surface area contributed by atoms with Crippen LogP contribution in [-0.2, 0) is 4.74 Å². The lowest BCUT2D eigenvalue weighted by Crippen LogP contribution is -2.32. The summed E-state index contributed by atoms with van der Waals surface area (Å²) >= 11 is 0. The van der Waals surface area contributed by atoms with E-state index >= 15 is 0 Å². The fourth-order valence-corrected chi connectivity index (χ4v) is 1.28. The molecule has 0 aromatic carbocycles. The van der Waals surface area contributed by atoms with Gasteiger partial charge in [-0.05, 0) is 12.3 Å². The van der Waals surface area contributed by atoms with Gasteiger partial charge in [-0.1, -0.05) is 13.8 Å². The summed E-state index contributed by atoms with van der Waals surface area (Å²) in [7, 11) is 0. The molecule has 4 heteroatoms. The van der Waals surface area contributed by atoms with Crippen molar-refractivity contribution in [3.63, 3.8) is 0 Å². The van der Waals surface area contributed by atoms with Crippen LogP contribution in [0.1, 0.15) is 20.3 Å². The summed E-state index contributed by atoms with van der Waals surface area (Å²) in [5, 5.41) is 0. The van der Waals surface area contributed by atoms with Crippen LogP contribution in [-0.4, -0.2) is 36.7 Å². The number of amides is 1. The van der Waals surface area contributed by atoms with Gasteiger partial charge in [0.25, 0.3) is 0 Å². The Morgan fingerprint density at radius 3 is 2.85 bits per heavy atom. The SMILES string of the molecule is CC(C)COC(=O)N1CC[C@H](N)C1. The molecule has 1 fully saturated rings. The monoisotopic (exact) mass is 186 g/mol. The number of nitrogens with two attached hydrogens (primary N) is 1. The first-order chi connectivity index (χ1) is 6.09. The molecule has 0 aromatic rings. The second-order valence-corrected chi connectivity index (χ2v) is 3.97. The average molecular weight is 186 g/mol. The van der Waals surface area contributed by atoms with Crippen molar-refractivity contribution in [1.82, 2.24) is 4.90 Å². The summed E-state index contributed by atoms with van der Waals surface area (Å²) in [4.78, 5) is 13.0. The zero-order valence-electron chi connectivity index (χ0n) is 8.32. The molecule has 0 saturated carbocycles. The number of likely N-dealkylation sites (tertiary alicyclic amines) is 1. The highest BCUT2D eigenvalue weighted by Gasteiger charge is 2.24. The van der Waals surface area contributed by atoms with Crippen molar-refractivity contribution < 1.29 is 9.53 Å². The van der Waals surface area contributed by atoms with E-state index in [2.05, 4.69) is 0 Å². The lowest BCUT2D eigenvalue weighted by molar-refractivity contribution is 0.0992. The highest BCUT2D eigenvalue weighted by molar-refractivity contribution is 5.68. The molecular weight excluding hydrogens is 168 g/mol. The first-order valence-electron chi connectivity index (χ1n) is 4.77. The molecule has 13 heavy (non-hydrogen) atoms. The number of rotatable bonds is 2. The smallest absolute Gasteiger partial charge is 0.409 e. The second kappa shape index (κ2) is 4.46. The Morgan fingerprint density at radius 1 is 1.69 bits per heavy atom. The van der Waals surface area contributed by atoms with Gasteiger partial charge in [0.1, 0.15) is 0 Å². The number of hydrogen-bond donors (Lipinski definition) is 1. The van der Waals surface area contributed by atoms with Crippen LogP contribution in [0.3, 0.4) is 0 Å². The molecule has 1 rings (SSSR count). The molecule has 76 valence electrons. The van der Waals surface area contributed by atoms with E-state index in [9.17, 15) is 4.79 Å². The largest absolute Gasteiger partial charge is 0.449 e. The van der Waals surface area contributed by atoms with E-state index in [-0.39, 0.29) is 12.1 Å². The maximum absolute atomic E-state index is 11.3. The standard InChI is InChI=1S/C9H18N2O2/c1-7(2)6-13-9(12)11-4-3-8(10)5-11/h7-8H,3-6,10H2,1-2H3/t8-/m0/s1. The number of carbonyl (C=O) groups is 1. The third kappa shape index (κ3) is 3.22. The lowest BCUT2D eigenvalue weighted by atomic mass is 10.2. The van der Waals surface area contributed by atoms with E-state index in [1.807, 2.05) is 13.8 Å². The summed E-state index contributed by atoms with van der Waals surface area (Å²) in [5.74, 6) is 0.389. The van der Waals surface area contributed by atoms with Crippen molar-refractivity contribution in [1.29, 1.82) is 0 Å². The molecule has 4 nitrogen and oxygen atoms in total. The van der Waals surface area contributed by atoms with Crippen LogP contribution < -0.4 is 5.73 Å². The average Bonchev–Trinajstić information content (AvgIpc) is 2.47. The number of hydrogen-bond acceptors (Lipinski definition) is 3. The molecule has 0 aromatic heterocycles. The second-order valence-electron chi connectivity index (χ2n) is 3.97. The molecule has 0 unspecified atom stereocenters. The maximum atomic E-state index is 11.3. The van der Waals surface area contributed by atoms with Crippen LogP contribution >= 0.6 is 0 Å². The van der Waals surface area contributed by atoms with Gasteiger partial charge in [-0.2, -0.15) is 0 Å². The molecule has 1 saturated heterocycles. The Hall–Kier alpha value is -0.770. The summed E-state index contributed by atoms with van der Waals surface area (Å²) < 4.78 is 5.07. The van der Waals surface area contributed by atoms with E-state index in [4.69, 9.17) is 10.5 Å². The minimum absolute atomic E-state index is 0.131. The summed E-state index contributed by atoms with van der Waals surface area (Å²) in [6.07, 6.45) is 0.665. The maximum Gasteiger partial charge on any atom is 0.409 e. The Morgan fingerprint density at radius 2 is 2.38 bits per heavy atom. The topological polar surface area (TPSA) is 55.6 Å². The van der Waals surface area contributed by atoms with Crippen LogP contribution in [0.5, 0.6) is 0 Å². The molecule has 0 radical (unpaired) electrons. The Labute approximate surface area is 79.0 Å². The first-order valence-corrected chi connectivity index (χ1v) is 4.77. The number of ether oxygens (including phenoxy) is 1. The van der Waals surface area contributed by atoms with Crippen molar-refractivity contribution in [3.8, 4) is 0 Å². The molecule has 0 aliphatic carbocycles. The van der Waals surface area contributed by atoms with E-state index in [1.165, 1.54) is 0 Å². The molecule has 1 aliphatic rings. The van der Waals surface area contributed by atoms with Crippen molar-refractivity contribution in [2.75, 3.05) is 19.7 Å². The molecule has 1 aliphatic heterocycles. The quantitative estimate of drug-likeness (QED) is 0.694. The van der Waals surface area contributed by atoms with E-state index in [0.29, 0.717) is 19.1 Å². The van der Waals surface area contributed by atoms with Crippen molar-refractivity contribution in [2.45, 2.75) is 26.3 Å². The molecule has 1 atom stereocenters. The van der Waals surface area contributed by atoms with Crippen molar-refractivity contribution >= 4 is 6.09 Å². The van der Waals surface area contributed by atoms with E-state index < -0.39 is 0 Å². The third-order valence-electron chi connectivity index (χ3n) is 2.02. The zero-order chi connectivity index (χ0) is 9.84. The highest BCUT2D eigenvalue weighted by Crippen LogP contribution is 2.08. The summed E-state index contributed by atoms with van der Waals surface area (Å²) in [5.41, 5.74) is 5.67. The molecule has 0 bridgehead atoms. The highest BCUT2D eigenvalue weighted by atomic mass is 16.6. The van der Waals surface area contributed by atoms with Crippen LogP contribution in [0.25, 0.3) is 0 Å². The van der Waals surface area contributed by atoms with Crippen LogP contribution in [0.15, 0.2) is 0 Å². The fourth-order valence-electron chi connectivity index (χ4n) is 1.28. The first kappa shape index (κ1) is 10.3. The zero-order valence-corrected chi connectivity index (χ0v) is 8.32. The van der Waals surface area contributed by atoms with Gasteiger partial charge >= 0.3 is 6.09 Å². The van der Waals surface area contributed by atoms with Crippen LogP contribution in [0.4, 0.5) is 4.79 Å². The van der Waals surface area contributed by atoms with Crippen molar-refractivity contribution in [2.24, 2.45) is 11.7 Å². The Balaban J connectivity index is 2.24. The number of carbonyl (C=O) groups excluding carboxylic acids is 1. The molecule has 2 N–H and O–H groups in total. The van der Waals surface area contributed by atoms with Crippen LogP contribution in [0.2, 0.25) is 0 Å². The normalized spacial score (nSPS) is 22.5. The van der Waals surface area contributed by atoms with Gasteiger partial charge in [0.2, 0.25) is 0 Å². The third-order valence-corrected chi connectivity index (χ3v) is 2.02. The predicted molar refractivity (Wildman–Crippen MR) is 50.4 cm³/mol. The Bertz CT molecular complexity index is 182. The molecule has 0 spiro atoms. The minimum atomic E-state index is -0.221. The van der Waals surface area contributed by atoms with Gasteiger partial charge < -0.3 is 15.4 Å². The minimum Gasteiger partial charge on any atom is -0.449 e. The fraction of sp³-hybridized carbons (Fsp3) is 0.889. The van der Waals surface area contributed by atoms with Crippen LogP contribution in [0, 0.1) is 5.92 Å². The molecular formula is C9H18N2O2. The van der Waals surface area contributed by atoms with Crippen molar-refractivity contribution in [3.05, 3.63) is 0 Å². The van der Waals surface area contributed by atoms with Gasteiger partial charge in [-0.3, -0.25) is 0 Å². The van der Waals surface area contributed by atoms with Gasteiger partial charge in [0, 0.05) is 19.1 Å². The Kier molecular flexibility index (Phi) is 3.54. The van der Waals surface area contributed by atoms with Gasteiger partial charge in [0.05, 0.1) is 6.61 Å².